The van der Waals surface area contributed by atoms with E-state index in [0.717, 1.165) is 46.7 Å². The number of amides is 1. The van der Waals surface area contributed by atoms with Crippen LogP contribution in [0.25, 0.3) is 22.3 Å². The van der Waals surface area contributed by atoms with Gasteiger partial charge in [-0.15, -0.1) is 0 Å². The lowest BCUT2D eigenvalue weighted by Crippen LogP contribution is -2.41. The van der Waals surface area contributed by atoms with Crippen molar-refractivity contribution in [3.63, 3.8) is 0 Å². The molecule has 0 aliphatic carbocycles. The van der Waals surface area contributed by atoms with E-state index in [2.05, 4.69) is 22.9 Å². The molecule has 1 aliphatic heterocycles. The summed E-state index contributed by atoms with van der Waals surface area (Å²) in [4.78, 5) is 19.2. The first-order valence-corrected chi connectivity index (χ1v) is 10.2. The highest BCUT2D eigenvalue weighted by Crippen LogP contribution is 2.33. The van der Waals surface area contributed by atoms with Crippen molar-refractivity contribution in [3.05, 3.63) is 71.4 Å². The van der Waals surface area contributed by atoms with Gasteiger partial charge in [-0.25, -0.2) is 4.98 Å². The zero-order valence-electron chi connectivity index (χ0n) is 17.6. The Kier molecular flexibility index (Phi) is 5.70. The Bertz CT molecular complexity index is 1150. The number of pyridine rings is 1. The van der Waals surface area contributed by atoms with E-state index in [4.69, 9.17) is 15.7 Å². The normalized spacial score (nSPS) is 16.0. The maximum Gasteiger partial charge on any atom is 0.249 e. The Morgan fingerprint density at radius 1 is 1.13 bits per heavy atom. The van der Waals surface area contributed by atoms with Gasteiger partial charge >= 0.3 is 0 Å². The summed E-state index contributed by atoms with van der Waals surface area (Å²) in [5.41, 5.74) is 11.1. The molecule has 0 bridgehead atoms. The molecule has 3 aromatic rings. The highest BCUT2D eigenvalue weighted by molar-refractivity contribution is 6.03. The minimum atomic E-state index is -0.478. The maximum atomic E-state index is 12.4. The van der Waals surface area contributed by atoms with E-state index < -0.39 is 5.91 Å². The van der Waals surface area contributed by atoms with Crippen molar-refractivity contribution in [2.24, 2.45) is 5.73 Å². The number of ether oxygens (including phenoxy) is 1. The second kappa shape index (κ2) is 8.58. The van der Waals surface area contributed by atoms with Crippen LogP contribution in [0.2, 0.25) is 0 Å². The molecule has 1 aliphatic rings. The first kappa shape index (κ1) is 20.6. The minimum absolute atomic E-state index is 0.175. The average molecular weight is 412 g/mol. The van der Waals surface area contributed by atoms with Crippen LogP contribution < -0.4 is 10.6 Å². The van der Waals surface area contributed by atoms with E-state index >= 15 is 0 Å². The standard InChI is InChI=1S/C25H24N4O2/c1-16-15-29(11-12-31-16)23-10-7-20(14-28-23)22-9-8-21(17(2)24(22)25(27)30)19-5-3-18(13-26)4-6-19/h3-10,14,16H,11-12,15H2,1-2H3,(H2,27,30). The summed E-state index contributed by atoms with van der Waals surface area (Å²) in [6.07, 6.45) is 1.96. The number of carbonyl (C=O) groups is 1. The topological polar surface area (TPSA) is 92.2 Å². The molecule has 2 aromatic carbocycles. The molecule has 1 aromatic heterocycles. The maximum absolute atomic E-state index is 12.4. The Hall–Kier alpha value is -3.69. The Morgan fingerprint density at radius 2 is 1.84 bits per heavy atom. The van der Waals surface area contributed by atoms with Crippen LogP contribution in [0.4, 0.5) is 5.82 Å². The van der Waals surface area contributed by atoms with Crippen LogP contribution in [0.15, 0.2) is 54.7 Å². The first-order valence-electron chi connectivity index (χ1n) is 10.2. The molecule has 156 valence electrons. The summed E-state index contributed by atoms with van der Waals surface area (Å²) in [7, 11) is 0. The second-order valence-electron chi connectivity index (χ2n) is 7.75. The van der Waals surface area contributed by atoms with Crippen molar-refractivity contribution < 1.29 is 9.53 Å². The van der Waals surface area contributed by atoms with Crippen molar-refractivity contribution in [3.8, 4) is 28.3 Å². The van der Waals surface area contributed by atoms with Crippen LogP contribution in [0.5, 0.6) is 0 Å². The van der Waals surface area contributed by atoms with Gasteiger partial charge in [-0.1, -0.05) is 24.3 Å². The van der Waals surface area contributed by atoms with Crippen LogP contribution in [-0.4, -0.2) is 36.7 Å². The molecule has 6 heteroatoms. The number of aromatic nitrogens is 1. The molecule has 6 nitrogen and oxygen atoms in total. The van der Waals surface area contributed by atoms with Crippen molar-refractivity contribution >= 4 is 11.7 Å². The predicted octanol–water partition coefficient (Wildman–Crippen LogP) is 3.92. The summed E-state index contributed by atoms with van der Waals surface area (Å²) < 4.78 is 5.60. The molecule has 1 atom stereocenters. The summed E-state index contributed by atoms with van der Waals surface area (Å²) in [5, 5.41) is 9.02. The highest BCUT2D eigenvalue weighted by Gasteiger charge is 2.20. The molecule has 1 amide bonds. The fourth-order valence-electron chi connectivity index (χ4n) is 4.07. The molecule has 2 N–H and O–H groups in total. The first-order chi connectivity index (χ1) is 15.0. The number of nitrogens with two attached hydrogens (primary N) is 1. The van der Waals surface area contributed by atoms with E-state index in [1.807, 2.05) is 43.3 Å². The number of nitrogens with zero attached hydrogens (tertiary/aromatic N) is 3. The molecule has 0 saturated carbocycles. The molecular weight excluding hydrogens is 388 g/mol. The molecule has 0 radical (unpaired) electrons. The van der Waals surface area contributed by atoms with Gasteiger partial charge in [-0.3, -0.25) is 4.79 Å². The SMILES string of the molecule is Cc1c(-c2ccc(C#N)cc2)ccc(-c2ccc(N3CCOC(C)C3)nc2)c1C(N)=O. The molecule has 0 spiro atoms. The van der Waals surface area contributed by atoms with Crippen molar-refractivity contribution in [1.29, 1.82) is 5.26 Å². The fourth-order valence-corrected chi connectivity index (χ4v) is 4.07. The molecule has 1 saturated heterocycles. The lowest BCUT2D eigenvalue weighted by Gasteiger charge is -2.32. The van der Waals surface area contributed by atoms with Gasteiger partial charge in [0.25, 0.3) is 0 Å². The summed E-state index contributed by atoms with van der Waals surface area (Å²) in [6.45, 7) is 6.25. The van der Waals surface area contributed by atoms with E-state index in [1.54, 1.807) is 18.3 Å². The predicted molar refractivity (Wildman–Crippen MR) is 121 cm³/mol. The van der Waals surface area contributed by atoms with Gasteiger partial charge in [0.15, 0.2) is 0 Å². The Morgan fingerprint density at radius 3 is 2.45 bits per heavy atom. The third-order valence-corrected chi connectivity index (χ3v) is 5.66. The van der Waals surface area contributed by atoms with Crippen LogP contribution in [0, 0.1) is 18.3 Å². The molecule has 1 unspecified atom stereocenters. The van der Waals surface area contributed by atoms with Crippen LogP contribution >= 0.6 is 0 Å². The van der Waals surface area contributed by atoms with Crippen LogP contribution in [0.3, 0.4) is 0 Å². The monoisotopic (exact) mass is 412 g/mol. The van der Waals surface area contributed by atoms with Crippen molar-refractivity contribution in [2.75, 3.05) is 24.6 Å². The van der Waals surface area contributed by atoms with Crippen molar-refractivity contribution in [2.45, 2.75) is 20.0 Å². The zero-order chi connectivity index (χ0) is 22.0. The van der Waals surface area contributed by atoms with Gasteiger partial charge in [0.2, 0.25) is 5.91 Å². The largest absolute Gasteiger partial charge is 0.375 e. The second-order valence-corrected chi connectivity index (χ2v) is 7.75. The van der Waals surface area contributed by atoms with Gasteiger partial charge in [0.05, 0.1) is 29.9 Å². The molecule has 1 fully saturated rings. The van der Waals surface area contributed by atoms with Gasteiger partial charge in [-0.05, 0) is 60.4 Å². The lowest BCUT2D eigenvalue weighted by atomic mass is 9.90. The molecule has 4 rings (SSSR count). The number of primary amides is 1. The number of anilines is 1. The molecule has 31 heavy (non-hydrogen) atoms. The number of rotatable bonds is 4. The van der Waals surface area contributed by atoms with E-state index in [-0.39, 0.29) is 6.10 Å². The molecular formula is C25H24N4O2. The lowest BCUT2D eigenvalue weighted by molar-refractivity contribution is 0.0529. The highest BCUT2D eigenvalue weighted by atomic mass is 16.5. The quantitative estimate of drug-likeness (QED) is 0.701. The summed E-state index contributed by atoms with van der Waals surface area (Å²) >= 11 is 0. The number of hydrogen-bond acceptors (Lipinski definition) is 5. The van der Waals surface area contributed by atoms with E-state index in [0.29, 0.717) is 17.7 Å². The average Bonchev–Trinajstić information content (AvgIpc) is 2.79. The Balaban J connectivity index is 1.70. The number of hydrogen-bond donors (Lipinski definition) is 1. The smallest absolute Gasteiger partial charge is 0.249 e. The molecule has 2 heterocycles. The van der Waals surface area contributed by atoms with Crippen LogP contribution in [-0.2, 0) is 4.74 Å². The van der Waals surface area contributed by atoms with Crippen molar-refractivity contribution in [1.82, 2.24) is 4.98 Å². The summed E-state index contributed by atoms with van der Waals surface area (Å²) in [5.74, 6) is 0.416. The van der Waals surface area contributed by atoms with E-state index in [9.17, 15) is 4.79 Å². The number of morpholine rings is 1. The van der Waals surface area contributed by atoms with Gasteiger partial charge < -0.3 is 15.4 Å². The zero-order valence-corrected chi connectivity index (χ0v) is 17.6. The number of nitriles is 1. The summed E-state index contributed by atoms with van der Waals surface area (Å²) in [6, 6.07) is 17.3. The third-order valence-electron chi connectivity index (χ3n) is 5.66. The van der Waals surface area contributed by atoms with E-state index in [1.165, 1.54) is 0 Å². The Labute approximate surface area is 181 Å². The van der Waals surface area contributed by atoms with Gasteiger partial charge in [-0.2, -0.15) is 5.26 Å². The number of benzene rings is 2. The van der Waals surface area contributed by atoms with Gasteiger partial charge in [0.1, 0.15) is 5.82 Å². The number of carbonyl (C=O) groups excluding carboxylic acids is 1. The fraction of sp³-hybridized carbons (Fsp3) is 0.240. The van der Waals surface area contributed by atoms with Crippen LogP contribution in [0.1, 0.15) is 28.4 Å². The minimum Gasteiger partial charge on any atom is -0.375 e. The van der Waals surface area contributed by atoms with Gasteiger partial charge in [0, 0.05) is 24.8 Å². The third kappa shape index (κ3) is 4.14.